The Morgan fingerprint density at radius 2 is 1.04 bits per heavy atom. The zero-order valence-electron chi connectivity index (χ0n) is 18.4. The summed E-state index contributed by atoms with van der Waals surface area (Å²) in [7, 11) is 4.56. The fourth-order valence-electron chi connectivity index (χ4n) is 3.42. The third-order valence-corrected chi connectivity index (χ3v) is 6.45. The van der Waals surface area contributed by atoms with Gasteiger partial charge in [-0.25, -0.2) is 0 Å². The quantitative estimate of drug-likeness (QED) is 0.175. The summed E-state index contributed by atoms with van der Waals surface area (Å²) >= 11 is 2.12. The first-order chi connectivity index (χ1) is 12.6. The van der Waals surface area contributed by atoms with Gasteiger partial charge in [-0.2, -0.15) is 11.8 Å². The van der Waals surface area contributed by atoms with Crippen LogP contribution in [0.2, 0.25) is 0 Å². The molecule has 0 aliphatic rings. The van der Waals surface area contributed by atoms with Crippen molar-refractivity contribution in [2.75, 3.05) is 45.3 Å². The number of thioether (sulfide) groups is 1. The number of rotatable bonds is 21. The summed E-state index contributed by atoms with van der Waals surface area (Å²) in [6.45, 7) is 4.94. The molecule has 0 saturated heterocycles. The van der Waals surface area contributed by atoms with Crippen molar-refractivity contribution in [3.05, 3.63) is 0 Å². The molecule has 0 aliphatic heterocycles. The Labute approximate surface area is 170 Å². The van der Waals surface area contributed by atoms with Crippen LogP contribution in [0.3, 0.4) is 0 Å². The van der Waals surface area contributed by atoms with Gasteiger partial charge >= 0.3 is 0 Å². The zero-order valence-corrected chi connectivity index (χ0v) is 19.3. The molecular weight excluding hydrogens is 338 g/mol. The summed E-state index contributed by atoms with van der Waals surface area (Å²) < 4.78 is 1.05. The van der Waals surface area contributed by atoms with E-state index >= 15 is 0 Å². The molecule has 0 aromatic heterocycles. The van der Waals surface area contributed by atoms with E-state index in [4.69, 9.17) is 5.11 Å². The van der Waals surface area contributed by atoms with Gasteiger partial charge in [0.1, 0.15) is 0 Å². The molecule has 0 atom stereocenters. The maximum absolute atomic E-state index is 8.93. The van der Waals surface area contributed by atoms with Crippen molar-refractivity contribution in [1.29, 1.82) is 0 Å². The predicted octanol–water partition coefficient (Wildman–Crippen LogP) is 6.66. The van der Waals surface area contributed by atoms with Crippen molar-refractivity contribution in [1.82, 2.24) is 0 Å². The van der Waals surface area contributed by atoms with Crippen LogP contribution in [0.5, 0.6) is 0 Å². The molecule has 3 heteroatoms. The lowest BCUT2D eigenvalue weighted by atomic mass is 10.0. The van der Waals surface area contributed by atoms with Gasteiger partial charge in [0.15, 0.2) is 0 Å². The van der Waals surface area contributed by atoms with Crippen LogP contribution in [-0.4, -0.2) is 54.9 Å². The second-order valence-electron chi connectivity index (χ2n) is 8.67. The molecule has 1 N–H and O–H groups in total. The average Bonchev–Trinajstić information content (AvgIpc) is 2.62. The number of aliphatic hydroxyl groups excluding tert-OH is 1. The van der Waals surface area contributed by atoms with E-state index in [2.05, 4.69) is 32.8 Å². The fraction of sp³-hybridized carbons (Fsp3) is 1.00. The molecule has 0 amide bonds. The van der Waals surface area contributed by atoms with Gasteiger partial charge in [-0.05, 0) is 12.2 Å². The van der Waals surface area contributed by atoms with E-state index in [9.17, 15) is 0 Å². The molecule has 2 nitrogen and oxygen atoms in total. The van der Waals surface area contributed by atoms with Gasteiger partial charge in [0, 0.05) is 18.8 Å². The molecule has 0 heterocycles. The minimum atomic E-state index is 0.327. The maximum Gasteiger partial charge on any atom is 0.0874 e. The highest BCUT2D eigenvalue weighted by molar-refractivity contribution is 7.99. The van der Waals surface area contributed by atoms with Crippen molar-refractivity contribution >= 4 is 11.8 Å². The Balaban J connectivity index is 3.13. The molecule has 26 heavy (non-hydrogen) atoms. The number of quaternary nitrogens is 1. The summed E-state index contributed by atoms with van der Waals surface area (Å²) in [5.74, 6) is 2.59. The van der Waals surface area contributed by atoms with Crippen LogP contribution in [0.25, 0.3) is 0 Å². The van der Waals surface area contributed by atoms with Crippen molar-refractivity contribution < 1.29 is 9.59 Å². The second kappa shape index (κ2) is 20.0. The predicted molar refractivity (Wildman–Crippen MR) is 121 cm³/mol. The molecule has 0 saturated carbocycles. The van der Waals surface area contributed by atoms with Crippen molar-refractivity contribution in [2.45, 2.75) is 103 Å². The molecule has 0 aromatic rings. The number of aliphatic hydroxyl groups is 1. The third kappa shape index (κ3) is 20.6. The minimum absolute atomic E-state index is 0.327. The Kier molecular flexibility index (Phi) is 20.2. The van der Waals surface area contributed by atoms with E-state index in [-0.39, 0.29) is 0 Å². The number of unbranched alkanes of at least 4 members (excludes halogenated alkanes) is 13. The first-order valence-electron chi connectivity index (χ1n) is 11.6. The molecule has 0 aromatic carbocycles. The van der Waals surface area contributed by atoms with Crippen LogP contribution in [0, 0.1) is 0 Å². The molecule has 158 valence electrons. The van der Waals surface area contributed by atoms with Crippen LogP contribution in [0.4, 0.5) is 0 Å². The van der Waals surface area contributed by atoms with Gasteiger partial charge in [0.2, 0.25) is 0 Å². The van der Waals surface area contributed by atoms with E-state index in [1.54, 1.807) is 0 Å². The Bertz CT molecular complexity index is 271. The molecule has 0 fully saturated rings. The van der Waals surface area contributed by atoms with Crippen LogP contribution in [-0.2, 0) is 0 Å². The van der Waals surface area contributed by atoms with E-state index < -0.39 is 0 Å². The highest BCUT2D eigenvalue weighted by Crippen LogP contribution is 2.14. The van der Waals surface area contributed by atoms with E-state index in [0.717, 1.165) is 17.4 Å². The van der Waals surface area contributed by atoms with Crippen molar-refractivity contribution in [2.24, 2.45) is 0 Å². The summed E-state index contributed by atoms with van der Waals surface area (Å²) in [6.07, 6.45) is 21.1. The average molecular weight is 389 g/mol. The Morgan fingerprint density at radius 3 is 1.50 bits per heavy atom. The van der Waals surface area contributed by atoms with Gasteiger partial charge in [-0.1, -0.05) is 90.4 Å². The summed E-state index contributed by atoms with van der Waals surface area (Å²) in [5, 5.41) is 8.93. The highest BCUT2D eigenvalue weighted by atomic mass is 32.2. The smallest absolute Gasteiger partial charge is 0.0874 e. The van der Waals surface area contributed by atoms with Crippen molar-refractivity contribution in [3.8, 4) is 0 Å². The van der Waals surface area contributed by atoms with Crippen LogP contribution in [0.15, 0.2) is 0 Å². The fourth-order valence-corrected chi connectivity index (χ4v) is 4.66. The lowest BCUT2D eigenvalue weighted by molar-refractivity contribution is -0.888. The molecule has 0 unspecified atom stereocenters. The van der Waals surface area contributed by atoms with Crippen LogP contribution in [0.1, 0.15) is 103 Å². The first-order valence-corrected chi connectivity index (χ1v) is 12.8. The normalized spacial score (nSPS) is 12.0. The molecule has 0 bridgehead atoms. The van der Waals surface area contributed by atoms with Crippen LogP contribution < -0.4 is 0 Å². The lowest BCUT2D eigenvalue weighted by Gasteiger charge is -2.29. The summed E-state index contributed by atoms with van der Waals surface area (Å²) in [6, 6.07) is 0. The molecular formula is C23H50NOS+. The van der Waals surface area contributed by atoms with Crippen molar-refractivity contribution in [3.63, 3.8) is 0 Å². The Morgan fingerprint density at radius 1 is 0.577 bits per heavy atom. The molecule has 0 radical (unpaired) electrons. The number of hydrogen-bond acceptors (Lipinski definition) is 2. The van der Waals surface area contributed by atoms with Gasteiger partial charge in [0.05, 0.1) is 27.2 Å². The summed E-state index contributed by atoms with van der Waals surface area (Å²) in [5.41, 5.74) is 0. The van der Waals surface area contributed by atoms with E-state index in [1.807, 2.05) is 0 Å². The minimum Gasteiger partial charge on any atom is -0.396 e. The topological polar surface area (TPSA) is 20.2 Å². The highest BCUT2D eigenvalue weighted by Gasteiger charge is 2.13. The molecule has 0 spiro atoms. The number of nitrogens with zero attached hydrogens (tertiary/aromatic N) is 1. The number of hydrogen-bond donors (Lipinski definition) is 1. The SMILES string of the molecule is CCCCCCCCCCCCCCCCSCC[N+](C)(C)CCCO. The zero-order chi connectivity index (χ0) is 19.3. The lowest BCUT2D eigenvalue weighted by Crippen LogP contribution is -2.42. The second-order valence-corrected chi connectivity index (χ2v) is 9.89. The largest absolute Gasteiger partial charge is 0.396 e. The van der Waals surface area contributed by atoms with Gasteiger partial charge in [-0.15, -0.1) is 0 Å². The standard InChI is InChI=1S/C23H50NOS/c1-4-5-6-7-8-9-10-11-12-13-14-15-16-17-22-26-23-20-24(2,3)19-18-21-25/h25H,4-23H2,1-3H3/q+1. The Hall–Kier alpha value is 0.270. The summed E-state index contributed by atoms with van der Waals surface area (Å²) in [4.78, 5) is 0. The third-order valence-electron chi connectivity index (χ3n) is 5.40. The maximum atomic E-state index is 8.93. The van der Waals surface area contributed by atoms with E-state index in [1.165, 1.54) is 108 Å². The van der Waals surface area contributed by atoms with Gasteiger partial charge < -0.3 is 9.59 Å². The van der Waals surface area contributed by atoms with E-state index in [0.29, 0.717) is 6.61 Å². The van der Waals surface area contributed by atoms with Crippen LogP contribution >= 0.6 is 11.8 Å². The first kappa shape index (κ1) is 26.3. The monoisotopic (exact) mass is 388 g/mol. The van der Waals surface area contributed by atoms with Gasteiger partial charge in [-0.3, -0.25) is 0 Å². The molecule has 0 rings (SSSR count). The van der Waals surface area contributed by atoms with Gasteiger partial charge in [0.25, 0.3) is 0 Å². The molecule has 0 aliphatic carbocycles.